The molecule has 1 aliphatic rings. The van der Waals surface area contributed by atoms with Crippen molar-refractivity contribution in [3.05, 3.63) is 34.9 Å². The lowest BCUT2D eigenvalue weighted by atomic mass is 9.87. The van der Waals surface area contributed by atoms with E-state index in [1.807, 2.05) is 0 Å². The quantitative estimate of drug-likeness (QED) is 0.869. The lowest BCUT2D eigenvalue weighted by Gasteiger charge is -2.27. The smallest absolute Gasteiger partial charge is 0.0540 e. The summed E-state index contributed by atoms with van der Waals surface area (Å²) >= 11 is 0. The molecule has 0 heterocycles. The Morgan fingerprint density at radius 2 is 1.89 bits per heavy atom. The first-order chi connectivity index (χ1) is 9.06. The van der Waals surface area contributed by atoms with Crippen molar-refractivity contribution in [3.8, 4) is 0 Å². The molecule has 1 aromatic carbocycles. The number of hydrogen-bond donors (Lipinski definition) is 2. The van der Waals surface area contributed by atoms with Gasteiger partial charge in [-0.1, -0.05) is 23.8 Å². The van der Waals surface area contributed by atoms with E-state index in [0.29, 0.717) is 6.04 Å². The molecule has 2 N–H and O–H groups in total. The number of aryl methyl sites for hydroxylation is 2. The fourth-order valence-electron chi connectivity index (χ4n) is 3.03. The Morgan fingerprint density at radius 1 is 1.21 bits per heavy atom. The third kappa shape index (κ3) is 4.05. The normalized spacial score (nSPS) is 25.3. The number of rotatable bonds is 4. The maximum atomic E-state index is 9.53. The van der Waals surface area contributed by atoms with E-state index < -0.39 is 0 Å². The van der Waals surface area contributed by atoms with Gasteiger partial charge >= 0.3 is 0 Å². The maximum Gasteiger partial charge on any atom is 0.0540 e. The van der Waals surface area contributed by atoms with Crippen molar-refractivity contribution in [3.63, 3.8) is 0 Å². The Morgan fingerprint density at radius 3 is 2.58 bits per heavy atom. The van der Waals surface area contributed by atoms with Gasteiger partial charge in [0.05, 0.1) is 6.10 Å². The molecular formula is C17H27NO. The second kappa shape index (κ2) is 6.53. The summed E-state index contributed by atoms with van der Waals surface area (Å²) < 4.78 is 0. The lowest BCUT2D eigenvalue weighted by Crippen LogP contribution is -2.30. The van der Waals surface area contributed by atoms with Gasteiger partial charge in [0.15, 0.2) is 0 Å². The number of hydrogen-bond acceptors (Lipinski definition) is 2. The molecule has 1 aromatic rings. The largest absolute Gasteiger partial charge is 0.393 e. The molecule has 0 spiro atoms. The highest BCUT2D eigenvalue weighted by molar-refractivity contribution is 5.32. The summed E-state index contributed by atoms with van der Waals surface area (Å²) in [5.41, 5.74) is 4.11. The van der Waals surface area contributed by atoms with E-state index in [2.05, 4.69) is 44.3 Å². The van der Waals surface area contributed by atoms with Gasteiger partial charge in [0, 0.05) is 6.04 Å². The minimum atomic E-state index is -0.0484. The van der Waals surface area contributed by atoms with E-state index >= 15 is 0 Å². The third-order valence-corrected chi connectivity index (χ3v) is 4.43. The molecular weight excluding hydrogens is 234 g/mol. The predicted octanol–water partition coefficient (Wildman–Crippen LogP) is 3.51. The highest BCUT2D eigenvalue weighted by Gasteiger charge is 2.20. The van der Waals surface area contributed by atoms with Gasteiger partial charge in [0.1, 0.15) is 0 Å². The van der Waals surface area contributed by atoms with E-state index in [1.54, 1.807) is 0 Å². The van der Waals surface area contributed by atoms with Crippen LogP contribution in [0.2, 0.25) is 0 Å². The Labute approximate surface area is 117 Å². The fraction of sp³-hybridized carbons (Fsp3) is 0.647. The highest BCUT2D eigenvalue weighted by atomic mass is 16.3. The molecule has 0 radical (unpaired) electrons. The van der Waals surface area contributed by atoms with Gasteiger partial charge in [-0.3, -0.25) is 0 Å². The molecule has 1 fully saturated rings. The fourth-order valence-corrected chi connectivity index (χ4v) is 3.03. The highest BCUT2D eigenvalue weighted by Crippen LogP contribution is 2.25. The van der Waals surface area contributed by atoms with Crippen molar-refractivity contribution < 1.29 is 5.11 Å². The Hall–Kier alpha value is -0.860. The Kier molecular flexibility index (Phi) is 5.00. The predicted molar refractivity (Wildman–Crippen MR) is 80.3 cm³/mol. The molecule has 0 bridgehead atoms. The van der Waals surface area contributed by atoms with Crippen LogP contribution >= 0.6 is 0 Å². The van der Waals surface area contributed by atoms with Gasteiger partial charge in [-0.15, -0.1) is 0 Å². The van der Waals surface area contributed by atoms with Crippen LogP contribution in [-0.4, -0.2) is 17.8 Å². The molecule has 0 saturated heterocycles. The van der Waals surface area contributed by atoms with Gasteiger partial charge in [-0.25, -0.2) is 0 Å². The summed E-state index contributed by atoms with van der Waals surface area (Å²) in [6.07, 6.45) is 4.23. The molecule has 0 aromatic heterocycles. The van der Waals surface area contributed by atoms with Crippen LogP contribution in [0.15, 0.2) is 18.2 Å². The van der Waals surface area contributed by atoms with Crippen molar-refractivity contribution in [2.75, 3.05) is 6.54 Å². The van der Waals surface area contributed by atoms with Crippen molar-refractivity contribution in [1.82, 2.24) is 5.32 Å². The van der Waals surface area contributed by atoms with E-state index in [9.17, 15) is 5.11 Å². The lowest BCUT2D eigenvalue weighted by molar-refractivity contribution is 0.108. The number of aliphatic hydroxyl groups is 1. The molecule has 1 saturated carbocycles. The molecule has 0 amide bonds. The van der Waals surface area contributed by atoms with Crippen LogP contribution < -0.4 is 5.32 Å². The van der Waals surface area contributed by atoms with Crippen molar-refractivity contribution >= 4 is 0 Å². The zero-order valence-corrected chi connectivity index (χ0v) is 12.4. The zero-order chi connectivity index (χ0) is 13.8. The molecule has 1 unspecified atom stereocenters. The standard InChI is InChI=1S/C17H27NO/c1-12-4-5-13(2)17(10-12)14(3)18-11-15-6-8-16(19)9-7-15/h4-5,10,14-16,18-19H,6-9,11H2,1-3H3. The molecule has 19 heavy (non-hydrogen) atoms. The van der Waals surface area contributed by atoms with E-state index in [1.165, 1.54) is 16.7 Å². The monoisotopic (exact) mass is 261 g/mol. The summed E-state index contributed by atoms with van der Waals surface area (Å²) in [5, 5.41) is 13.2. The van der Waals surface area contributed by atoms with Crippen LogP contribution in [0.25, 0.3) is 0 Å². The van der Waals surface area contributed by atoms with Gasteiger partial charge in [-0.2, -0.15) is 0 Å². The summed E-state index contributed by atoms with van der Waals surface area (Å²) in [5.74, 6) is 0.732. The second-order valence-corrected chi connectivity index (χ2v) is 6.16. The minimum Gasteiger partial charge on any atom is -0.393 e. The summed E-state index contributed by atoms with van der Waals surface area (Å²) in [6, 6.07) is 7.08. The molecule has 106 valence electrons. The molecule has 1 atom stereocenters. The van der Waals surface area contributed by atoms with E-state index in [4.69, 9.17) is 0 Å². The van der Waals surface area contributed by atoms with Gasteiger partial charge in [0.25, 0.3) is 0 Å². The van der Waals surface area contributed by atoms with Crippen LogP contribution in [0.5, 0.6) is 0 Å². The Bertz CT molecular complexity index is 408. The Balaban J connectivity index is 1.87. The SMILES string of the molecule is Cc1ccc(C)c(C(C)NCC2CCC(O)CC2)c1. The average Bonchev–Trinajstić information content (AvgIpc) is 2.40. The zero-order valence-electron chi connectivity index (χ0n) is 12.4. The number of benzene rings is 1. The first kappa shape index (κ1) is 14.5. The van der Waals surface area contributed by atoms with Gasteiger partial charge in [-0.05, 0) is 70.0 Å². The van der Waals surface area contributed by atoms with Crippen LogP contribution in [0, 0.1) is 19.8 Å². The van der Waals surface area contributed by atoms with Crippen LogP contribution in [0.1, 0.15) is 55.3 Å². The van der Waals surface area contributed by atoms with Crippen LogP contribution in [0.4, 0.5) is 0 Å². The van der Waals surface area contributed by atoms with E-state index in [0.717, 1.165) is 38.1 Å². The maximum absolute atomic E-state index is 9.53. The van der Waals surface area contributed by atoms with Crippen molar-refractivity contribution in [2.24, 2.45) is 5.92 Å². The molecule has 2 heteroatoms. The summed E-state index contributed by atoms with van der Waals surface area (Å²) in [6.45, 7) is 7.66. The van der Waals surface area contributed by atoms with Gasteiger partial charge < -0.3 is 10.4 Å². The van der Waals surface area contributed by atoms with Crippen LogP contribution in [-0.2, 0) is 0 Å². The van der Waals surface area contributed by atoms with Gasteiger partial charge in [0.2, 0.25) is 0 Å². The topological polar surface area (TPSA) is 32.3 Å². The summed E-state index contributed by atoms with van der Waals surface area (Å²) in [4.78, 5) is 0. The molecule has 2 rings (SSSR count). The van der Waals surface area contributed by atoms with Crippen molar-refractivity contribution in [2.45, 2.75) is 58.6 Å². The third-order valence-electron chi connectivity index (χ3n) is 4.43. The first-order valence-corrected chi connectivity index (χ1v) is 7.55. The molecule has 1 aliphatic carbocycles. The number of nitrogens with one attached hydrogen (secondary N) is 1. The van der Waals surface area contributed by atoms with E-state index in [-0.39, 0.29) is 6.10 Å². The number of aliphatic hydroxyl groups excluding tert-OH is 1. The van der Waals surface area contributed by atoms with Crippen LogP contribution in [0.3, 0.4) is 0 Å². The van der Waals surface area contributed by atoms with Crippen molar-refractivity contribution in [1.29, 1.82) is 0 Å². The second-order valence-electron chi connectivity index (χ2n) is 6.16. The first-order valence-electron chi connectivity index (χ1n) is 7.55. The molecule has 0 aliphatic heterocycles. The summed E-state index contributed by atoms with van der Waals surface area (Å²) in [7, 11) is 0. The average molecular weight is 261 g/mol. The minimum absolute atomic E-state index is 0.0484. The molecule has 2 nitrogen and oxygen atoms in total.